The molecule has 0 saturated carbocycles. The number of Topliss-reactive ketones (excluding diaryl/α,β-unsaturated/α-hetero) is 1. The van der Waals surface area contributed by atoms with E-state index in [-0.39, 0.29) is 11.1 Å². The molecule has 182 valence electrons. The van der Waals surface area contributed by atoms with Gasteiger partial charge in [-0.15, -0.1) is 13.2 Å². The number of alkyl halides is 6. The summed E-state index contributed by atoms with van der Waals surface area (Å²) in [5.41, 5.74) is -2.88. The largest absolute Gasteiger partial charge is 0.573 e. The van der Waals surface area contributed by atoms with Crippen LogP contribution >= 0.6 is 0 Å². The zero-order chi connectivity index (χ0) is 25.7. The quantitative estimate of drug-likeness (QED) is 0.457. The highest BCUT2D eigenvalue weighted by molar-refractivity contribution is 6.03. The third-order valence-electron chi connectivity index (χ3n) is 5.16. The van der Waals surface area contributed by atoms with Crippen LogP contribution < -0.4 is 4.74 Å². The van der Waals surface area contributed by atoms with Gasteiger partial charge in [0.05, 0.1) is 11.5 Å². The molecule has 0 bridgehead atoms. The second-order valence-corrected chi connectivity index (χ2v) is 7.46. The number of halogens is 7. The SMILES string of the molecule is O=C(O)c1nc(-c2ccc(-c3cccc(OC(F)(F)F)c3)cc2F)nc2c1C(C(F)(F)F)CC2=O. The normalized spacial score (nSPS) is 15.7. The van der Waals surface area contributed by atoms with Gasteiger partial charge in [0.25, 0.3) is 0 Å². The Morgan fingerprint density at radius 1 is 1.00 bits per heavy atom. The van der Waals surface area contributed by atoms with E-state index in [1.54, 1.807) is 0 Å². The minimum Gasteiger partial charge on any atom is -0.476 e. The number of ketones is 1. The Bertz CT molecular complexity index is 1350. The topological polar surface area (TPSA) is 89.4 Å². The van der Waals surface area contributed by atoms with Crippen molar-refractivity contribution in [3.63, 3.8) is 0 Å². The molecule has 1 unspecified atom stereocenters. The van der Waals surface area contributed by atoms with Crippen molar-refractivity contribution in [2.75, 3.05) is 0 Å². The summed E-state index contributed by atoms with van der Waals surface area (Å²) in [6.07, 6.45) is -10.9. The number of rotatable bonds is 4. The number of carbonyl (C=O) groups is 2. The summed E-state index contributed by atoms with van der Waals surface area (Å²) in [6.45, 7) is 0. The fourth-order valence-electron chi connectivity index (χ4n) is 3.71. The van der Waals surface area contributed by atoms with Gasteiger partial charge in [0.1, 0.15) is 17.3 Å². The van der Waals surface area contributed by atoms with Gasteiger partial charge in [0, 0.05) is 12.0 Å². The lowest BCUT2D eigenvalue weighted by Crippen LogP contribution is -2.22. The lowest BCUT2D eigenvalue weighted by molar-refractivity contribution is -0.274. The molecule has 1 aliphatic rings. The molecule has 4 rings (SSSR count). The molecule has 1 N–H and O–H groups in total. The fraction of sp³-hybridized carbons (Fsp3) is 0.182. The van der Waals surface area contributed by atoms with Crippen molar-refractivity contribution in [3.8, 4) is 28.3 Å². The smallest absolute Gasteiger partial charge is 0.476 e. The van der Waals surface area contributed by atoms with E-state index in [9.17, 15) is 45.4 Å². The number of benzene rings is 2. The predicted octanol–water partition coefficient (Wildman–Crippen LogP) is 5.78. The lowest BCUT2D eigenvalue weighted by Gasteiger charge is -2.16. The predicted molar refractivity (Wildman–Crippen MR) is 104 cm³/mol. The second kappa shape index (κ2) is 8.32. The van der Waals surface area contributed by atoms with Crippen molar-refractivity contribution in [2.45, 2.75) is 24.9 Å². The maximum Gasteiger partial charge on any atom is 0.573 e. The van der Waals surface area contributed by atoms with Crippen molar-refractivity contribution in [1.82, 2.24) is 9.97 Å². The van der Waals surface area contributed by atoms with Crippen LogP contribution in [-0.4, -0.2) is 39.4 Å². The molecule has 13 heteroatoms. The molecule has 0 amide bonds. The van der Waals surface area contributed by atoms with Gasteiger partial charge >= 0.3 is 18.5 Å². The van der Waals surface area contributed by atoms with Gasteiger partial charge in [-0.3, -0.25) is 4.79 Å². The number of carboxylic acid groups (broad SMARTS) is 1. The van der Waals surface area contributed by atoms with Crippen molar-refractivity contribution >= 4 is 11.8 Å². The molecular formula is C22H11F7N2O4. The van der Waals surface area contributed by atoms with Crippen LogP contribution in [0, 0.1) is 5.82 Å². The van der Waals surface area contributed by atoms with E-state index < -0.39 is 76.5 Å². The minimum atomic E-state index is -4.94. The van der Waals surface area contributed by atoms with Gasteiger partial charge in [0.2, 0.25) is 0 Å². The molecule has 0 aliphatic heterocycles. The molecule has 0 fully saturated rings. The van der Waals surface area contributed by atoms with E-state index in [2.05, 4.69) is 14.7 Å². The highest BCUT2D eigenvalue weighted by Crippen LogP contribution is 2.45. The highest BCUT2D eigenvalue weighted by Gasteiger charge is 2.50. The molecule has 1 heterocycles. The maximum atomic E-state index is 14.9. The molecule has 1 aromatic heterocycles. The number of ether oxygens (including phenoxy) is 1. The first-order chi connectivity index (χ1) is 16.2. The average Bonchev–Trinajstić information content (AvgIpc) is 3.09. The van der Waals surface area contributed by atoms with Crippen LogP contribution in [0.4, 0.5) is 30.7 Å². The first-order valence-corrected chi connectivity index (χ1v) is 9.66. The number of fused-ring (bicyclic) bond motifs is 1. The Balaban J connectivity index is 1.77. The van der Waals surface area contributed by atoms with E-state index in [1.807, 2.05) is 0 Å². The summed E-state index contributed by atoms with van der Waals surface area (Å²) >= 11 is 0. The first kappa shape index (κ1) is 24.1. The Kier molecular flexibility index (Phi) is 5.73. The number of carbonyl (C=O) groups excluding carboxylic acids is 1. The zero-order valence-electron chi connectivity index (χ0n) is 17.0. The summed E-state index contributed by atoms with van der Waals surface area (Å²) < 4.78 is 96.1. The molecule has 0 saturated heterocycles. The highest BCUT2D eigenvalue weighted by atomic mass is 19.4. The van der Waals surface area contributed by atoms with Crippen LogP contribution in [0.25, 0.3) is 22.5 Å². The Labute approximate surface area is 191 Å². The van der Waals surface area contributed by atoms with Crippen LogP contribution in [0.5, 0.6) is 5.75 Å². The number of aromatic carboxylic acids is 1. The zero-order valence-corrected chi connectivity index (χ0v) is 17.0. The van der Waals surface area contributed by atoms with E-state index in [0.29, 0.717) is 0 Å². The Morgan fingerprint density at radius 3 is 2.29 bits per heavy atom. The summed E-state index contributed by atoms with van der Waals surface area (Å²) in [7, 11) is 0. The van der Waals surface area contributed by atoms with Gasteiger partial charge in [-0.05, 0) is 35.4 Å². The summed E-state index contributed by atoms with van der Waals surface area (Å²) in [5, 5.41) is 9.40. The third-order valence-corrected chi connectivity index (χ3v) is 5.16. The molecule has 3 aromatic rings. The Hall–Kier alpha value is -4.03. The summed E-state index contributed by atoms with van der Waals surface area (Å²) in [6, 6.07) is 7.87. The van der Waals surface area contributed by atoms with Gasteiger partial charge in [-0.25, -0.2) is 19.2 Å². The van der Waals surface area contributed by atoms with Gasteiger partial charge in [-0.2, -0.15) is 13.2 Å². The second-order valence-electron chi connectivity index (χ2n) is 7.46. The van der Waals surface area contributed by atoms with E-state index in [1.165, 1.54) is 18.2 Å². The number of hydrogen-bond acceptors (Lipinski definition) is 5. The number of aromatic nitrogens is 2. The standard InChI is InChI=1S/C22H11F7N2O4/c23-14-7-10(9-2-1-3-11(6-9)35-22(27,28)29)4-5-12(14)19-30-17-15(32)8-13(21(24,25)26)16(17)18(31-19)20(33)34/h1-7,13H,8H2,(H,33,34). The van der Waals surface area contributed by atoms with Gasteiger partial charge in [0.15, 0.2) is 17.3 Å². The molecule has 1 aliphatic carbocycles. The third kappa shape index (κ3) is 4.79. The summed E-state index contributed by atoms with van der Waals surface area (Å²) in [5.74, 6) is -7.55. The van der Waals surface area contributed by atoms with E-state index in [4.69, 9.17) is 0 Å². The molecular weight excluding hydrogens is 489 g/mol. The monoisotopic (exact) mass is 500 g/mol. The fourth-order valence-corrected chi connectivity index (χ4v) is 3.71. The lowest BCUT2D eigenvalue weighted by atomic mass is 9.99. The van der Waals surface area contributed by atoms with Crippen LogP contribution in [0.2, 0.25) is 0 Å². The Morgan fingerprint density at radius 2 is 1.69 bits per heavy atom. The van der Waals surface area contributed by atoms with E-state index >= 15 is 0 Å². The average molecular weight is 500 g/mol. The van der Waals surface area contributed by atoms with Crippen molar-refractivity contribution in [1.29, 1.82) is 0 Å². The van der Waals surface area contributed by atoms with E-state index in [0.717, 1.165) is 24.3 Å². The van der Waals surface area contributed by atoms with Crippen molar-refractivity contribution < 1.29 is 50.2 Å². The first-order valence-electron chi connectivity index (χ1n) is 9.66. The number of hydrogen-bond donors (Lipinski definition) is 1. The van der Waals surface area contributed by atoms with Crippen LogP contribution in [-0.2, 0) is 0 Å². The van der Waals surface area contributed by atoms with Crippen molar-refractivity contribution in [2.24, 2.45) is 0 Å². The molecule has 1 atom stereocenters. The van der Waals surface area contributed by atoms with Gasteiger partial charge in [-0.1, -0.05) is 18.2 Å². The van der Waals surface area contributed by atoms with Crippen LogP contribution in [0.1, 0.15) is 38.9 Å². The summed E-state index contributed by atoms with van der Waals surface area (Å²) in [4.78, 5) is 31.1. The molecule has 2 aromatic carbocycles. The number of carboxylic acids is 1. The minimum absolute atomic E-state index is 0.103. The van der Waals surface area contributed by atoms with Gasteiger partial charge < -0.3 is 9.84 Å². The number of nitrogens with zero attached hydrogens (tertiary/aromatic N) is 2. The van der Waals surface area contributed by atoms with Crippen LogP contribution in [0.3, 0.4) is 0 Å². The maximum absolute atomic E-state index is 14.9. The van der Waals surface area contributed by atoms with Crippen molar-refractivity contribution in [3.05, 3.63) is 65.2 Å². The van der Waals surface area contributed by atoms with Crippen LogP contribution in [0.15, 0.2) is 42.5 Å². The molecule has 0 radical (unpaired) electrons. The molecule has 35 heavy (non-hydrogen) atoms. The molecule has 0 spiro atoms. The molecule has 6 nitrogen and oxygen atoms in total.